The smallest absolute Gasteiger partial charge is 0.226 e. The van der Waals surface area contributed by atoms with E-state index >= 15 is 0 Å². The predicted molar refractivity (Wildman–Crippen MR) is 110 cm³/mol. The summed E-state index contributed by atoms with van der Waals surface area (Å²) >= 11 is 6.04. The SMILES string of the molecule is O=C(CCNc1ccc(OCc2ccccc2)cc1)Nc1ccccc1Cl. The van der Waals surface area contributed by atoms with Gasteiger partial charge in [0.25, 0.3) is 0 Å². The van der Waals surface area contributed by atoms with Crippen LogP contribution in [0.4, 0.5) is 11.4 Å². The highest BCUT2D eigenvalue weighted by Gasteiger charge is 2.05. The molecule has 3 aromatic carbocycles. The van der Waals surface area contributed by atoms with Gasteiger partial charge >= 0.3 is 0 Å². The Morgan fingerprint density at radius 2 is 1.59 bits per heavy atom. The Balaban J connectivity index is 1.41. The van der Waals surface area contributed by atoms with Crippen LogP contribution in [-0.2, 0) is 11.4 Å². The van der Waals surface area contributed by atoms with E-state index in [0.29, 0.717) is 30.3 Å². The maximum atomic E-state index is 12.0. The van der Waals surface area contributed by atoms with Gasteiger partial charge in [-0.25, -0.2) is 0 Å². The summed E-state index contributed by atoms with van der Waals surface area (Å²) in [6.45, 7) is 1.07. The molecular formula is C22H21ClN2O2. The quantitative estimate of drug-likeness (QED) is 0.553. The minimum absolute atomic E-state index is 0.0848. The number of nitrogens with one attached hydrogen (secondary N) is 2. The van der Waals surface area contributed by atoms with Crippen molar-refractivity contribution in [3.8, 4) is 5.75 Å². The monoisotopic (exact) mass is 380 g/mol. The van der Waals surface area contributed by atoms with Gasteiger partial charge < -0.3 is 15.4 Å². The van der Waals surface area contributed by atoms with E-state index < -0.39 is 0 Å². The van der Waals surface area contributed by atoms with E-state index in [1.807, 2.05) is 66.7 Å². The van der Waals surface area contributed by atoms with Crippen LogP contribution in [-0.4, -0.2) is 12.5 Å². The molecule has 0 fully saturated rings. The van der Waals surface area contributed by atoms with E-state index in [2.05, 4.69) is 10.6 Å². The third kappa shape index (κ3) is 6.04. The number of amides is 1. The number of rotatable bonds is 8. The van der Waals surface area contributed by atoms with Crippen LogP contribution in [0.5, 0.6) is 5.75 Å². The molecule has 3 rings (SSSR count). The molecule has 0 heterocycles. The van der Waals surface area contributed by atoms with E-state index in [1.54, 1.807) is 12.1 Å². The number of benzene rings is 3. The molecule has 5 heteroatoms. The van der Waals surface area contributed by atoms with Gasteiger partial charge in [0.05, 0.1) is 10.7 Å². The van der Waals surface area contributed by atoms with Gasteiger partial charge in [-0.2, -0.15) is 0 Å². The summed E-state index contributed by atoms with van der Waals surface area (Å²) in [5, 5.41) is 6.57. The molecule has 0 aromatic heterocycles. The number of hydrogen-bond donors (Lipinski definition) is 2. The standard InChI is InChI=1S/C22H21ClN2O2/c23-20-8-4-5-9-21(20)25-22(26)14-15-24-18-10-12-19(13-11-18)27-16-17-6-2-1-3-7-17/h1-13,24H,14-16H2,(H,25,26). The molecule has 0 atom stereocenters. The first kappa shape index (κ1) is 18.8. The lowest BCUT2D eigenvalue weighted by molar-refractivity contribution is -0.115. The number of ether oxygens (including phenoxy) is 1. The van der Waals surface area contributed by atoms with Gasteiger partial charge in [-0.15, -0.1) is 0 Å². The maximum absolute atomic E-state index is 12.0. The molecule has 0 unspecified atom stereocenters. The Hall–Kier alpha value is -2.98. The van der Waals surface area contributed by atoms with Gasteiger partial charge in [-0.3, -0.25) is 4.79 Å². The molecule has 0 bridgehead atoms. The van der Waals surface area contributed by atoms with Crippen molar-refractivity contribution in [3.05, 3.63) is 89.4 Å². The first-order chi connectivity index (χ1) is 13.2. The Kier molecular flexibility index (Phi) is 6.72. The second-order valence-corrected chi connectivity index (χ2v) is 6.41. The van der Waals surface area contributed by atoms with Crippen molar-refractivity contribution in [2.24, 2.45) is 0 Å². The highest BCUT2D eigenvalue weighted by Crippen LogP contribution is 2.20. The van der Waals surface area contributed by atoms with Crippen molar-refractivity contribution >= 4 is 28.9 Å². The molecule has 4 nitrogen and oxygen atoms in total. The van der Waals surface area contributed by atoms with Crippen LogP contribution in [0.3, 0.4) is 0 Å². The average molecular weight is 381 g/mol. The highest BCUT2D eigenvalue weighted by atomic mass is 35.5. The topological polar surface area (TPSA) is 50.4 Å². The number of carbonyl (C=O) groups excluding carboxylic acids is 1. The number of hydrogen-bond acceptors (Lipinski definition) is 3. The van der Waals surface area contributed by atoms with Crippen molar-refractivity contribution in [2.75, 3.05) is 17.2 Å². The Labute approximate surface area is 164 Å². The summed E-state index contributed by atoms with van der Waals surface area (Å²) in [5.41, 5.74) is 2.70. The van der Waals surface area contributed by atoms with Crippen LogP contribution in [0.15, 0.2) is 78.9 Å². The number of carbonyl (C=O) groups is 1. The minimum Gasteiger partial charge on any atom is -0.489 e. The van der Waals surface area contributed by atoms with Gasteiger partial charge in [0.2, 0.25) is 5.91 Å². The van der Waals surface area contributed by atoms with Crippen molar-refractivity contribution in [1.29, 1.82) is 0 Å². The molecule has 0 aliphatic heterocycles. The Morgan fingerprint density at radius 3 is 2.33 bits per heavy atom. The summed E-state index contributed by atoms with van der Waals surface area (Å²) in [5.74, 6) is 0.722. The van der Waals surface area contributed by atoms with Crippen LogP contribution in [0.1, 0.15) is 12.0 Å². The zero-order chi connectivity index (χ0) is 18.9. The molecule has 27 heavy (non-hydrogen) atoms. The van der Waals surface area contributed by atoms with Crippen LogP contribution in [0.2, 0.25) is 5.02 Å². The number of para-hydroxylation sites is 1. The Morgan fingerprint density at radius 1 is 0.889 bits per heavy atom. The highest BCUT2D eigenvalue weighted by molar-refractivity contribution is 6.33. The summed E-state index contributed by atoms with van der Waals surface area (Å²) in [4.78, 5) is 12.0. The lowest BCUT2D eigenvalue weighted by Crippen LogP contribution is -2.16. The molecule has 0 aliphatic rings. The van der Waals surface area contributed by atoms with E-state index in [-0.39, 0.29) is 5.91 Å². The summed E-state index contributed by atoms with van der Waals surface area (Å²) < 4.78 is 5.76. The lowest BCUT2D eigenvalue weighted by Gasteiger charge is -2.10. The molecule has 0 spiro atoms. The first-order valence-electron chi connectivity index (χ1n) is 8.76. The van der Waals surface area contributed by atoms with Crippen molar-refractivity contribution in [3.63, 3.8) is 0 Å². The van der Waals surface area contributed by atoms with Gasteiger partial charge in [0, 0.05) is 18.7 Å². The first-order valence-corrected chi connectivity index (χ1v) is 9.13. The normalized spacial score (nSPS) is 10.3. The largest absolute Gasteiger partial charge is 0.489 e. The van der Waals surface area contributed by atoms with Crippen LogP contribution in [0.25, 0.3) is 0 Å². The third-order valence-electron chi connectivity index (χ3n) is 3.93. The maximum Gasteiger partial charge on any atom is 0.226 e. The van der Waals surface area contributed by atoms with Crippen molar-refractivity contribution in [1.82, 2.24) is 0 Å². The Bertz CT molecular complexity index is 867. The van der Waals surface area contributed by atoms with Gasteiger partial charge in [-0.1, -0.05) is 54.1 Å². The number of anilines is 2. The van der Waals surface area contributed by atoms with E-state index in [9.17, 15) is 4.79 Å². The zero-order valence-electron chi connectivity index (χ0n) is 14.8. The van der Waals surface area contributed by atoms with E-state index in [0.717, 1.165) is 17.0 Å². The van der Waals surface area contributed by atoms with E-state index in [1.165, 1.54) is 0 Å². The van der Waals surface area contributed by atoms with Crippen LogP contribution < -0.4 is 15.4 Å². The fourth-order valence-electron chi connectivity index (χ4n) is 2.51. The molecule has 2 N–H and O–H groups in total. The van der Waals surface area contributed by atoms with E-state index in [4.69, 9.17) is 16.3 Å². The van der Waals surface area contributed by atoms with Crippen molar-refractivity contribution < 1.29 is 9.53 Å². The van der Waals surface area contributed by atoms with Crippen molar-refractivity contribution in [2.45, 2.75) is 13.0 Å². The van der Waals surface area contributed by atoms with Crippen LogP contribution in [0, 0.1) is 0 Å². The predicted octanol–water partition coefficient (Wildman–Crippen LogP) is 5.36. The minimum atomic E-state index is -0.0848. The summed E-state index contributed by atoms with van der Waals surface area (Å²) in [6.07, 6.45) is 0.345. The second kappa shape index (κ2) is 9.64. The summed E-state index contributed by atoms with van der Waals surface area (Å²) in [7, 11) is 0. The fourth-order valence-corrected chi connectivity index (χ4v) is 2.69. The van der Waals surface area contributed by atoms with Gasteiger partial charge in [0.1, 0.15) is 12.4 Å². The third-order valence-corrected chi connectivity index (χ3v) is 4.26. The van der Waals surface area contributed by atoms with Crippen LogP contribution >= 0.6 is 11.6 Å². The molecule has 0 aliphatic carbocycles. The zero-order valence-corrected chi connectivity index (χ0v) is 15.6. The summed E-state index contributed by atoms with van der Waals surface area (Å²) in [6, 6.07) is 24.9. The second-order valence-electron chi connectivity index (χ2n) is 6.00. The fraction of sp³-hybridized carbons (Fsp3) is 0.136. The molecule has 0 radical (unpaired) electrons. The van der Waals surface area contributed by atoms with Gasteiger partial charge in [-0.05, 0) is 42.0 Å². The molecule has 138 valence electrons. The molecule has 3 aromatic rings. The average Bonchev–Trinajstić information content (AvgIpc) is 2.70. The lowest BCUT2D eigenvalue weighted by atomic mass is 10.2. The van der Waals surface area contributed by atoms with Gasteiger partial charge in [0.15, 0.2) is 0 Å². The molecule has 0 saturated heterocycles. The number of halogens is 1. The molecular weight excluding hydrogens is 360 g/mol. The molecule has 0 saturated carbocycles. The molecule has 1 amide bonds.